The molecule has 34 heavy (non-hydrogen) atoms. The molecule has 4 rings (SSSR count). The van der Waals surface area contributed by atoms with Crippen molar-refractivity contribution in [2.75, 3.05) is 44.6 Å². The van der Waals surface area contributed by atoms with Gasteiger partial charge in [0.2, 0.25) is 5.91 Å². The van der Waals surface area contributed by atoms with E-state index < -0.39 is 17.6 Å². The lowest BCUT2D eigenvalue weighted by atomic mass is 10.1. The third-order valence-corrected chi connectivity index (χ3v) is 5.60. The quantitative estimate of drug-likeness (QED) is 0.576. The Bertz CT molecular complexity index is 1120. The molecule has 0 atom stereocenters. The Morgan fingerprint density at radius 3 is 2.47 bits per heavy atom. The average molecular weight is 474 g/mol. The molecular weight excluding hydrogens is 449 g/mol. The number of benzene rings is 1. The summed E-state index contributed by atoms with van der Waals surface area (Å²) in [5.41, 5.74) is 0.595. The zero-order valence-electron chi connectivity index (χ0n) is 18.4. The normalized spacial score (nSPS) is 14.9. The van der Waals surface area contributed by atoms with Gasteiger partial charge in [-0.25, -0.2) is 9.78 Å². The fourth-order valence-electron chi connectivity index (χ4n) is 3.86. The Kier molecular flexibility index (Phi) is 7.01. The minimum atomic E-state index is -4.55. The van der Waals surface area contributed by atoms with Gasteiger partial charge in [0, 0.05) is 51.5 Å². The van der Waals surface area contributed by atoms with E-state index in [1.807, 2.05) is 39.9 Å². The van der Waals surface area contributed by atoms with Gasteiger partial charge in [0.1, 0.15) is 5.65 Å². The maximum atomic E-state index is 13.1. The third-order valence-electron chi connectivity index (χ3n) is 5.60. The number of imidazole rings is 1. The maximum Gasteiger partial charge on any atom is 0.418 e. The van der Waals surface area contributed by atoms with Crippen LogP contribution >= 0.6 is 0 Å². The topological polar surface area (TPSA) is 82.0 Å². The summed E-state index contributed by atoms with van der Waals surface area (Å²) >= 11 is 0. The van der Waals surface area contributed by atoms with E-state index in [0.717, 1.165) is 17.4 Å². The predicted molar refractivity (Wildman–Crippen MR) is 120 cm³/mol. The van der Waals surface area contributed by atoms with Crippen LogP contribution in [0.5, 0.6) is 0 Å². The van der Waals surface area contributed by atoms with E-state index >= 15 is 0 Å². The molecule has 2 aromatic heterocycles. The van der Waals surface area contributed by atoms with Crippen molar-refractivity contribution in [2.45, 2.75) is 12.6 Å². The summed E-state index contributed by atoms with van der Waals surface area (Å²) in [4.78, 5) is 32.7. The number of aromatic nitrogens is 2. The molecule has 2 N–H and O–H groups in total. The second-order valence-corrected chi connectivity index (χ2v) is 8.03. The lowest BCUT2D eigenvalue weighted by Crippen LogP contribution is -2.53. The van der Waals surface area contributed by atoms with Gasteiger partial charge in [-0.05, 0) is 24.3 Å². The van der Waals surface area contributed by atoms with E-state index in [9.17, 15) is 22.8 Å². The molecule has 0 aliphatic carbocycles. The second kappa shape index (κ2) is 10.1. The summed E-state index contributed by atoms with van der Waals surface area (Å²) in [6.45, 7) is 2.15. The van der Waals surface area contributed by atoms with Crippen molar-refractivity contribution >= 4 is 23.3 Å². The number of alkyl halides is 3. The number of hydrogen-bond donors (Lipinski definition) is 2. The van der Waals surface area contributed by atoms with Crippen LogP contribution in [0.1, 0.15) is 11.3 Å². The molecule has 3 amide bonds. The van der Waals surface area contributed by atoms with Crippen LogP contribution in [-0.4, -0.2) is 70.4 Å². The number of amides is 3. The molecule has 1 saturated heterocycles. The van der Waals surface area contributed by atoms with E-state index in [-0.39, 0.29) is 18.3 Å². The maximum absolute atomic E-state index is 13.1. The molecule has 1 aromatic carbocycles. The molecule has 1 aliphatic rings. The van der Waals surface area contributed by atoms with Crippen LogP contribution in [0.15, 0.2) is 54.9 Å². The molecule has 8 nitrogen and oxygen atoms in total. The van der Waals surface area contributed by atoms with Crippen LogP contribution in [0.3, 0.4) is 0 Å². The SMILES string of the molecule is O=C(CN1CCN(C(=O)NCCc2cn3ccccc3n2)CC1)Nc1ccccc1C(F)(F)F. The van der Waals surface area contributed by atoms with E-state index in [1.165, 1.54) is 18.2 Å². The molecular formula is C23H25F3N6O2. The zero-order chi connectivity index (χ0) is 24.1. The number of fused-ring (bicyclic) bond motifs is 1. The van der Waals surface area contributed by atoms with Crippen molar-refractivity contribution in [3.63, 3.8) is 0 Å². The summed E-state index contributed by atoms with van der Waals surface area (Å²) in [6.07, 6.45) is -0.0985. The number of nitrogens with zero attached hydrogens (tertiary/aromatic N) is 4. The molecule has 11 heteroatoms. The number of carbonyl (C=O) groups is 2. The standard InChI is InChI=1S/C23H25F3N6O2/c24-23(25,26)18-5-1-2-6-19(18)29-21(33)16-30-11-13-31(14-12-30)22(34)27-9-8-17-15-32-10-4-3-7-20(32)28-17/h1-7,10,15H,8-9,11-14,16H2,(H,27,34)(H,29,33). The van der Waals surface area contributed by atoms with Crippen molar-refractivity contribution in [1.82, 2.24) is 24.5 Å². The number of para-hydroxylation sites is 1. The summed E-state index contributed by atoms with van der Waals surface area (Å²) in [6, 6.07) is 10.4. The Morgan fingerprint density at radius 2 is 1.74 bits per heavy atom. The van der Waals surface area contributed by atoms with Crippen molar-refractivity contribution in [1.29, 1.82) is 0 Å². The average Bonchev–Trinajstić information content (AvgIpc) is 3.22. The molecule has 1 aliphatic heterocycles. The highest BCUT2D eigenvalue weighted by atomic mass is 19.4. The summed E-state index contributed by atoms with van der Waals surface area (Å²) in [5, 5.41) is 5.24. The van der Waals surface area contributed by atoms with Gasteiger partial charge >= 0.3 is 12.2 Å². The van der Waals surface area contributed by atoms with Gasteiger partial charge in [-0.3, -0.25) is 9.69 Å². The van der Waals surface area contributed by atoms with Gasteiger partial charge in [-0.1, -0.05) is 18.2 Å². The Hall–Kier alpha value is -3.60. The molecule has 0 bridgehead atoms. The van der Waals surface area contributed by atoms with Gasteiger partial charge < -0.3 is 19.9 Å². The monoisotopic (exact) mass is 474 g/mol. The number of halogens is 3. The van der Waals surface area contributed by atoms with Crippen LogP contribution < -0.4 is 10.6 Å². The zero-order valence-corrected chi connectivity index (χ0v) is 18.4. The number of carbonyl (C=O) groups excluding carboxylic acids is 2. The summed E-state index contributed by atoms with van der Waals surface area (Å²) < 4.78 is 41.2. The minimum Gasteiger partial charge on any atom is -0.338 e. The van der Waals surface area contributed by atoms with Crippen LogP contribution in [0, 0.1) is 0 Å². The van der Waals surface area contributed by atoms with Crippen LogP contribution in [0.2, 0.25) is 0 Å². The molecule has 0 unspecified atom stereocenters. The first-order valence-corrected chi connectivity index (χ1v) is 10.9. The van der Waals surface area contributed by atoms with Gasteiger partial charge in [0.25, 0.3) is 0 Å². The van der Waals surface area contributed by atoms with Gasteiger partial charge in [0.05, 0.1) is 23.5 Å². The lowest BCUT2D eigenvalue weighted by molar-refractivity contribution is -0.137. The smallest absolute Gasteiger partial charge is 0.338 e. The first kappa shape index (κ1) is 23.6. The van der Waals surface area contributed by atoms with Crippen LogP contribution in [0.4, 0.5) is 23.7 Å². The molecule has 180 valence electrons. The Labute approximate surface area is 194 Å². The highest BCUT2D eigenvalue weighted by molar-refractivity contribution is 5.93. The fourth-order valence-corrected chi connectivity index (χ4v) is 3.86. The summed E-state index contributed by atoms with van der Waals surface area (Å²) in [7, 11) is 0. The van der Waals surface area contributed by atoms with Gasteiger partial charge in [-0.15, -0.1) is 0 Å². The molecule has 3 heterocycles. The number of pyridine rings is 1. The Balaban J connectivity index is 1.19. The van der Waals surface area contributed by atoms with E-state index in [2.05, 4.69) is 15.6 Å². The highest BCUT2D eigenvalue weighted by Gasteiger charge is 2.33. The fraction of sp³-hybridized carbons (Fsp3) is 0.348. The molecule has 3 aromatic rings. The van der Waals surface area contributed by atoms with Crippen LogP contribution in [0.25, 0.3) is 5.65 Å². The van der Waals surface area contributed by atoms with Crippen LogP contribution in [-0.2, 0) is 17.4 Å². The van der Waals surface area contributed by atoms with Crippen molar-refractivity contribution in [3.8, 4) is 0 Å². The van der Waals surface area contributed by atoms with Crippen molar-refractivity contribution in [3.05, 3.63) is 66.1 Å². The minimum absolute atomic E-state index is 0.0461. The first-order chi connectivity index (χ1) is 16.3. The van der Waals surface area contributed by atoms with Crippen molar-refractivity contribution in [2.24, 2.45) is 0 Å². The molecule has 0 radical (unpaired) electrons. The number of rotatable bonds is 6. The van der Waals surface area contributed by atoms with E-state index in [4.69, 9.17) is 0 Å². The number of piperazine rings is 1. The molecule has 0 spiro atoms. The Morgan fingerprint density at radius 1 is 1.00 bits per heavy atom. The number of nitrogens with one attached hydrogen (secondary N) is 2. The predicted octanol–water partition coefficient (Wildman–Crippen LogP) is 2.86. The van der Waals surface area contributed by atoms with E-state index in [0.29, 0.717) is 39.1 Å². The largest absolute Gasteiger partial charge is 0.418 e. The lowest BCUT2D eigenvalue weighted by Gasteiger charge is -2.34. The number of hydrogen-bond acceptors (Lipinski definition) is 4. The summed E-state index contributed by atoms with van der Waals surface area (Å²) in [5.74, 6) is -0.526. The van der Waals surface area contributed by atoms with E-state index in [1.54, 1.807) is 4.90 Å². The number of urea groups is 1. The second-order valence-electron chi connectivity index (χ2n) is 8.03. The third kappa shape index (κ3) is 5.84. The molecule has 0 saturated carbocycles. The van der Waals surface area contributed by atoms with Gasteiger partial charge in [-0.2, -0.15) is 13.2 Å². The highest BCUT2D eigenvalue weighted by Crippen LogP contribution is 2.34. The first-order valence-electron chi connectivity index (χ1n) is 10.9. The number of anilines is 1. The van der Waals surface area contributed by atoms with Gasteiger partial charge in [0.15, 0.2) is 0 Å². The molecule has 1 fully saturated rings. The van der Waals surface area contributed by atoms with Crippen molar-refractivity contribution < 1.29 is 22.8 Å².